The van der Waals surface area contributed by atoms with Gasteiger partial charge in [0.15, 0.2) is 0 Å². The van der Waals surface area contributed by atoms with E-state index < -0.39 is 5.97 Å². The minimum atomic E-state index is -0.453. The second-order valence-corrected chi connectivity index (χ2v) is 9.47. The number of carbonyl (C=O) groups excluding carboxylic acids is 1. The molecule has 0 saturated heterocycles. The molecule has 3 nitrogen and oxygen atoms in total. The maximum absolute atomic E-state index is 15.1. The molecule has 1 aliphatic carbocycles. The predicted octanol–water partition coefficient (Wildman–Crippen LogP) is 8.57. The van der Waals surface area contributed by atoms with E-state index in [9.17, 15) is 4.79 Å². The molecule has 1 aliphatic rings. The van der Waals surface area contributed by atoms with Gasteiger partial charge in [-0.3, -0.25) is 0 Å². The van der Waals surface area contributed by atoms with Gasteiger partial charge >= 0.3 is 5.97 Å². The molecule has 0 aromatic heterocycles. The van der Waals surface area contributed by atoms with Crippen molar-refractivity contribution in [2.45, 2.75) is 64.7 Å². The van der Waals surface area contributed by atoms with Gasteiger partial charge in [-0.1, -0.05) is 50.5 Å². The number of unbranched alkanes of at least 4 members (excludes halogenated alkanes) is 1. The van der Waals surface area contributed by atoms with E-state index in [1.165, 1.54) is 32.1 Å². The second-order valence-electron chi connectivity index (χ2n) is 9.47. The Labute approximate surface area is 208 Å². The smallest absolute Gasteiger partial charge is 0.343 e. The number of esters is 1. The quantitative estimate of drug-likeness (QED) is 0.230. The fourth-order valence-corrected chi connectivity index (χ4v) is 5.02. The molecule has 35 heavy (non-hydrogen) atoms. The molecule has 0 aliphatic heterocycles. The third kappa shape index (κ3) is 6.50. The van der Waals surface area contributed by atoms with Gasteiger partial charge in [0.05, 0.1) is 12.2 Å². The molecular formula is C31H35FO3. The van der Waals surface area contributed by atoms with Crippen LogP contribution >= 0.6 is 0 Å². The molecule has 0 radical (unpaired) electrons. The monoisotopic (exact) mass is 474 g/mol. The van der Waals surface area contributed by atoms with Crippen molar-refractivity contribution in [3.63, 3.8) is 0 Å². The molecule has 0 bridgehead atoms. The fourth-order valence-electron chi connectivity index (χ4n) is 5.02. The summed E-state index contributed by atoms with van der Waals surface area (Å²) in [7, 11) is 0. The average Bonchev–Trinajstić information content (AvgIpc) is 2.89. The SMILES string of the molecule is CCCC[C@H]1CC[C@H](c2ccc(-c3ccc(C(=O)Oc4ccc(OCC)cc4)cc3)c(F)c2)CC1. The minimum absolute atomic E-state index is 0.208. The second kappa shape index (κ2) is 12.0. The number of benzene rings is 3. The van der Waals surface area contributed by atoms with Crippen LogP contribution in [0, 0.1) is 11.7 Å². The largest absolute Gasteiger partial charge is 0.494 e. The van der Waals surface area contributed by atoms with Gasteiger partial charge in [-0.15, -0.1) is 0 Å². The van der Waals surface area contributed by atoms with Crippen molar-refractivity contribution >= 4 is 5.97 Å². The van der Waals surface area contributed by atoms with Crippen LogP contribution in [-0.4, -0.2) is 12.6 Å². The number of rotatable bonds is 9. The van der Waals surface area contributed by atoms with Crippen LogP contribution < -0.4 is 9.47 Å². The summed E-state index contributed by atoms with van der Waals surface area (Å²) >= 11 is 0. The number of carbonyl (C=O) groups is 1. The highest BCUT2D eigenvalue weighted by Crippen LogP contribution is 2.38. The summed E-state index contributed by atoms with van der Waals surface area (Å²) in [6, 6.07) is 19.5. The lowest BCUT2D eigenvalue weighted by Crippen LogP contribution is -2.13. The van der Waals surface area contributed by atoms with Crippen molar-refractivity contribution in [3.8, 4) is 22.6 Å². The molecule has 0 unspecified atom stereocenters. The van der Waals surface area contributed by atoms with Crippen LogP contribution in [0.25, 0.3) is 11.1 Å². The normalized spacial score (nSPS) is 17.7. The third-order valence-electron chi connectivity index (χ3n) is 7.05. The van der Waals surface area contributed by atoms with Crippen LogP contribution in [0.4, 0.5) is 4.39 Å². The zero-order valence-corrected chi connectivity index (χ0v) is 20.8. The summed E-state index contributed by atoms with van der Waals surface area (Å²) in [6.45, 7) is 4.74. The Bertz CT molecular complexity index is 1100. The molecule has 0 heterocycles. The summed E-state index contributed by atoms with van der Waals surface area (Å²) in [5.41, 5.74) is 2.82. The number of halogens is 1. The lowest BCUT2D eigenvalue weighted by atomic mass is 9.77. The molecular weight excluding hydrogens is 439 g/mol. The number of ether oxygens (including phenoxy) is 2. The van der Waals surface area contributed by atoms with Gasteiger partial charge in [-0.2, -0.15) is 0 Å². The summed E-state index contributed by atoms with van der Waals surface area (Å²) < 4.78 is 25.9. The molecule has 0 N–H and O–H groups in total. The van der Waals surface area contributed by atoms with E-state index in [2.05, 4.69) is 13.0 Å². The summed E-state index contributed by atoms with van der Waals surface area (Å²) in [5, 5.41) is 0. The Morgan fingerprint density at radius 2 is 1.57 bits per heavy atom. The van der Waals surface area contributed by atoms with E-state index in [1.54, 1.807) is 54.6 Å². The van der Waals surface area contributed by atoms with Gasteiger partial charge in [-0.25, -0.2) is 9.18 Å². The third-order valence-corrected chi connectivity index (χ3v) is 7.05. The molecule has 3 aromatic carbocycles. The van der Waals surface area contributed by atoms with Crippen LogP contribution in [0.3, 0.4) is 0 Å². The number of hydrogen-bond acceptors (Lipinski definition) is 3. The van der Waals surface area contributed by atoms with Gasteiger partial charge in [0.2, 0.25) is 0 Å². The Kier molecular flexibility index (Phi) is 8.57. The Hall–Kier alpha value is -3.14. The minimum Gasteiger partial charge on any atom is -0.494 e. The molecule has 3 aromatic rings. The highest BCUT2D eigenvalue weighted by Gasteiger charge is 2.23. The van der Waals surface area contributed by atoms with Crippen LogP contribution in [0.15, 0.2) is 66.7 Å². The molecule has 4 rings (SSSR count). The summed E-state index contributed by atoms with van der Waals surface area (Å²) in [5.74, 6) is 1.81. The molecule has 0 amide bonds. The highest BCUT2D eigenvalue weighted by molar-refractivity contribution is 5.91. The first kappa shape index (κ1) is 25.0. The van der Waals surface area contributed by atoms with E-state index in [0.29, 0.717) is 29.4 Å². The van der Waals surface area contributed by atoms with E-state index in [1.807, 2.05) is 13.0 Å². The van der Waals surface area contributed by atoms with Gasteiger partial charge < -0.3 is 9.47 Å². The zero-order valence-electron chi connectivity index (χ0n) is 20.8. The van der Waals surface area contributed by atoms with E-state index in [4.69, 9.17) is 9.47 Å². The van der Waals surface area contributed by atoms with Crippen molar-refractivity contribution in [2.24, 2.45) is 5.92 Å². The fraction of sp³-hybridized carbons (Fsp3) is 0.387. The summed E-state index contributed by atoms with van der Waals surface area (Å²) in [4.78, 5) is 12.5. The van der Waals surface area contributed by atoms with Crippen molar-refractivity contribution in [3.05, 3.63) is 83.7 Å². The van der Waals surface area contributed by atoms with Crippen LogP contribution in [0.5, 0.6) is 11.5 Å². The van der Waals surface area contributed by atoms with Gasteiger partial charge in [-0.05, 0) is 98.0 Å². The lowest BCUT2D eigenvalue weighted by molar-refractivity contribution is 0.0734. The first-order valence-corrected chi connectivity index (χ1v) is 12.9. The Morgan fingerprint density at radius 1 is 0.886 bits per heavy atom. The molecule has 0 atom stereocenters. The van der Waals surface area contributed by atoms with Crippen LogP contribution in [0.1, 0.15) is 80.6 Å². The first-order chi connectivity index (χ1) is 17.1. The topological polar surface area (TPSA) is 35.5 Å². The predicted molar refractivity (Wildman–Crippen MR) is 139 cm³/mol. The molecule has 184 valence electrons. The van der Waals surface area contributed by atoms with E-state index in [0.717, 1.165) is 35.6 Å². The Balaban J connectivity index is 1.37. The van der Waals surface area contributed by atoms with Crippen molar-refractivity contribution in [2.75, 3.05) is 6.61 Å². The lowest BCUT2D eigenvalue weighted by Gasteiger charge is -2.29. The van der Waals surface area contributed by atoms with E-state index >= 15 is 4.39 Å². The molecule has 1 fully saturated rings. The van der Waals surface area contributed by atoms with Gasteiger partial charge in [0.1, 0.15) is 17.3 Å². The number of hydrogen-bond donors (Lipinski definition) is 0. The zero-order chi connectivity index (χ0) is 24.6. The van der Waals surface area contributed by atoms with E-state index in [-0.39, 0.29) is 5.82 Å². The van der Waals surface area contributed by atoms with Gasteiger partial charge in [0, 0.05) is 5.56 Å². The highest BCUT2D eigenvalue weighted by atomic mass is 19.1. The molecule has 1 saturated carbocycles. The average molecular weight is 475 g/mol. The summed E-state index contributed by atoms with van der Waals surface area (Å²) in [6.07, 6.45) is 8.72. The molecule has 0 spiro atoms. The standard InChI is InChI=1S/C31H35FO3/c1-3-5-6-22-7-9-23(10-8-22)26-15-20-29(30(32)21-26)24-11-13-25(14-12-24)31(33)35-28-18-16-27(17-19-28)34-4-2/h11-23H,3-10H2,1-2H3/t22-,23-. The van der Waals surface area contributed by atoms with Gasteiger partial charge in [0.25, 0.3) is 0 Å². The van der Waals surface area contributed by atoms with Crippen molar-refractivity contribution in [1.82, 2.24) is 0 Å². The van der Waals surface area contributed by atoms with Crippen LogP contribution in [-0.2, 0) is 0 Å². The maximum atomic E-state index is 15.1. The van der Waals surface area contributed by atoms with Crippen LogP contribution in [0.2, 0.25) is 0 Å². The molecule has 4 heteroatoms. The Morgan fingerprint density at radius 3 is 2.20 bits per heavy atom. The maximum Gasteiger partial charge on any atom is 0.343 e. The van der Waals surface area contributed by atoms with Crippen molar-refractivity contribution < 1.29 is 18.7 Å². The first-order valence-electron chi connectivity index (χ1n) is 12.9. The van der Waals surface area contributed by atoms with Crippen molar-refractivity contribution in [1.29, 1.82) is 0 Å².